The summed E-state index contributed by atoms with van der Waals surface area (Å²) >= 11 is 6.28. The topological polar surface area (TPSA) is 106 Å². The zero-order valence-corrected chi connectivity index (χ0v) is 15.9. The molecule has 3 rings (SSSR count). The Bertz CT molecular complexity index is 1020. The van der Waals surface area contributed by atoms with Gasteiger partial charge in [-0.25, -0.2) is 13.9 Å². The Balaban J connectivity index is 2.13. The highest BCUT2D eigenvalue weighted by atomic mass is 35.5. The molecule has 0 spiro atoms. The van der Waals surface area contributed by atoms with Crippen molar-refractivity contribution >= 4 is 23.3 Å². The maximum absolute atomic E-state index is 14.8. The van der Waals surface area contributed by atoms with Gasteiger partial charge in [0.2, 0.25) is 5.75 Å². The molecule has 0 radical (unpaired) electrons. The number of nitro groups is 1. The SMILES string of the molecule is COC(=O)[C@H](C)Oc1cc(F)c(-c2c(Cl)n3n(c2=O)CCCC3)cc1[N+](=O)[O-]. The van der Waals surface area contributed by atoms with Crippen molar-refractivity contribution in [2.45, 2.75) is 39.0 Å². The molecular formula is C17H17ClFN3O6. The number of ether oxygens (including phenoxy) is 2. The number of rotatable bonds is 5. The fraction of sp³-hybridized carbons (Fsp3) is 0.412. The lowest BCUT2D eigenvalue weighted by Gasteiger charge is -2.17. The number of carbonyl (C=O) groups is 1. The van der Waals surface area contributed by atoms with Gasteiger partial charge in [0, 0.05) is 30.8 Å². The molecule has 0 amide bonds. The molecule has 9 nitrogen and oxygen atoms in total. The summed E-state index contributed by atoms with van der Waals surface area (Å²) in [5.74, 6) is -2.16. The number of hydrogen-bond acceptors (Lipinski definition) is 6. The quantitative estimate of drug-likeness (QED) is 0.424. The number of aromatic nitrogens is 2. The zero-order valence-electron chi connectivity index (χ0n) is 15.1. The summed E-state index contributed by atoms with van der Waals surface area (Å²) in [7, 11) is 1.13. The molecule has 0 fully saturated rings. The van der Waals surface area contributed by atoms with Gasteiger partial charge in [-0.15, -0.1) is 0 Å². The van der Waals surface area contributed by atoms with E-state index in [1.807, 2.05) is 0 Å². The van der Waals surface area contributed by atoms with Crippen LogP contribution >= 0.6 is 11.6 Å². The highest BCUT2D eigenvalue weighted by Crippen LogP contribution is 2.37. The van der Waals surface area contributed by atoms with Crippen molar-refractivity contribution in [2.75, 3.05) is 7.11 Å². The highest BCUT2D eigenvalue weighted by Gasteiger charge is 2.29. The molecule has 150 valence electrons. The molecule has 2 heterocycles. The minimum absolute atomic E-state index is 0.0227. The molecule has 0 saturated heterocycles. The average molecular weight is 414 g/mol. The molecule has 1 atom stereocenters. The molecule has 0 aliphatic carbocycles. The number of benzene rings is 1. The van der Waals surface area contributed by atoms with Crippen molar-refractivity contribution in [3.05, 3.63) is 43.6 Å². The monoisotopic (exact) mass is 413 g/mol. The van der Waals surface area contributed by atoms with E-state index in [0.717, 1.165) is 32.1 Å². The van der Waals surface area contributed by atoms with Crippen molar-refractivity contribution in [2.24, 2.45) is 0 Å². The van der Waals surface area contributed by atoms with Crippen molar-refractivity contribution in [1.82, 2.24) is 9.36 Å². The van der Waals surface area contributed by atoms with Crippen LogP contribution in [0.2, 0.25) is 5.15 Å². The van der Waals surface area contributed by atoms with Gasteiger partial charge in [-0.1, -0.05) is 11.6 Å². The van der Waals surface area contributed by atoms with Crippen LogP contribution in [0.15, 0.2) is 16.9 Å². The molecule has 1 aliphatic rings. The molecule has 28 heavy (non-hydrogen) atoms. The molecule has 0 bridgehead atoms. The Kier molecular flexibility index (Phi) is 5.41. The summed E-state index contributed by atoms with van der Waals surface area (Å²) in [6.07, 6.45) is 0.402. The van der Waals surface area contributed by atoms with Gasteiger partial charge < -0.3 is 9.47 Å². The number of hydrogen-bond donors (Lipinski definition) is 0. The van der Waals surface area contributed by atoms with Crippen LogP contribution in [0.3, 0.4) is 0 Å². The van der Waals surface area contributed by atoms with Crippen LogP contribution < -0.4 is 10.3 Å². The van der Waals surface area contributed by atoms with E-state index in [1.54, 1.807) is 0 Å². The Hall–Kier alpha value is -2.88. The molecule has 11 heteroatoms. The smallest absolute Gasteiger partial charge is 0.346 e. The van der Waals surface area contributed by atoms with Crippen LogP contribution in [-0.4, -0.2) is 33.5 Å². The van der Waals surface area contributed by atoms with Crippen LogP contribution in [-0.2, 0) is 22.6 Å². The minimum atomic E-state index is -1.19. The molecule has 1 aliphatic heterocycles. The highest BCUT2D eigenvalue weighted by molar-refractivity contribution is 6.32. The van der Waals surface area contributed by atoms with E-state index in [2.05, 4.69) is 4.74 Å². The second kappa shape index (κ2) is 7.63. The zero-order chi connectivity index (χ0) is 20.6. The van der Waals surface area contributed by atoms with Crippen LogP contribution in [0, 0.1) is 15.9 Å². The summed E-state index contributed by atoms with van der Waals surface area (Å²) in [5, 5.41) is 11.5. The van der Waals surface area contributed by atoms with Crippen LogP contribution in [0.1, 0.15) is 19.8 Å². The lowest BCUT2D eigenvalue weighted by atomic mass is 10.1. The van der Waals surface area contributed by atoms with Gasteiger partial charge in [0.05, 0.1) is 17.6 Å². The van der Waals surface area contributed by atoms with E-state index in [9.17, 15) is 24.1 Å². The van der Waals surface area contributed by atoms with Crippen molar-refractivity contribution in [3.63, 3.8) is 0 Å². The van der Waals surface area contributed by atoms with E-state index in [0.29, 0.717) is 13.1 Å². The summed E-state index contributed by atoms with van der Waals surface area (Å²) in [5.41, 5.74) is -1.56. The number of nitro benzene ring substituents is 1. The van der Waals surface area contributed by atoms with E-state index >= 15 is 0 Å². The first-order chi connectivity index (χ1) is 13.3. The second-order valence-electron chi connectivity index (χ2n) is 6.26. The number of esters is 1. The molecule has 0 saturated carbocycles. The normalized spacial score (nSPS) is 14.3. The number of halogens is 2. The summed E-state index contributed by atoms with van der Waals surface area (Å²) < 4.78 is 27.4. The van der Waals surface area contributed by atoms with Gasteiger partial charge in [0.15, 0.2) is 6.10 Å². The third kappa shape index (κ3) is 3.35. The van der Waals surface area contributed by atoms with E-state index in [-0.39, 0.29) is 16.3 Å². The third-order valence-corrected chi connectivity index (χ3v) is 4.90. The average Bonchev–Trinajstić information content (AvgIpc) is 2.92. The summed E-state index contributed by atoms with van der Waals surface area (Å²) in [6, 6.07) is 1.66. The molecule has 1 aromatic carbocycles. The second-order valence-corrected chi connectivity index (χ2v) is 6.62. The van der Waals surface area contributed by atoms with Gasteiger partial charge in [0.25, 0.3) is 5.56 Å². The largest absolute Gasteiger partial charge is 0.472 e. The van der Waals surface area contributed by atoms with E-state index < -0.39 is 39.8 Å². The van der Waals surface area contributed by atoms with Crippen LogP contribution in [0.25, 0.3) is 11.1 Å². The molecule has 0 N–H and O–H groups in total. The Morgan fingerprint density at radius 1 is 1.32 bits per heavy atom. The summed E-state index contributed by atoms with van der Waals surface area (Å²) in [4.78, 5) is 34.9. The van der Waals surface area contributed by atoms with E-state index in [4.69, 9.17) is 16.3 Å². The minimum Gasteiger partial charge on any atom is -0.472 e. The first-order valence-electron chi connectivity index (χ1n) is 8.48. The Morgan fingerprint density at radius 2 is 1.96 bits per heavy atom. The predicted octanol–water partition coefficient (Wildman–Crippen LogP) is 2.75. The summed E-state index contributed by atoms with van der Waals surface area (Å²) in [6.45, 7) is 2.24. The molecule has 0 unspecified atom stereocenters. The van der Waals surface area contributed by atoms with Crippen molar-refractivity contribution < 1.29 is 23.6 Å². The van der Waals surface area contributed by atoms with Gasteiger partial charge in [-0.05, 0) is 19.8 Å². The first-order valence-corrected chi connectivity index (χ1v) is 8.86. The van der Waals surface area contributed by atoms with Gasteiger partial charge in [-0.3, -0.25) is 19.6 Å². The third-order valence-electron chi connectivity index (χ3n) is 4.51. The van der Waals surface area contributed by atoms with Crippen LogP contribution in [0.4, 0.5) is 10.1 Å². The molecular weight excluding hydrogens is 397 g/mol. The fourth-order valence-electron chi connectivity index (χ4n) is 3.13. The lowest BCUT2D eigenvalue weighted by molar-refractivity contribution is -0.386. The predicted molar refractivity (Wildman–Crippen MR) is 97.1 cm³/mol. The number of carbonyl (C=O) groups excluding carboxylic acids is 1. The van der Waals surface area contributed by atoms with Gasteiger partial charge >= 0.3 is 11.7 Å². The molecule has 2 aromatic rings. The fourth-order valence-corrected chi connectivity index (χ4v) is 3.49. The maximum atomic E-state index is 14.8. The van der Waals surface area contributed by atoms with Crippen molar-refractivity contribution in [3.8, 4) is 16.9 Å². The van der Waals surface area contributed by atoms with Gasteiger partial charge in [-0.2, -0.15) is 0 Å². The maximum Gasteiger partial charge on any atom is 0.346 e. The standard InChI is InChI=1S/C17H17ClFN3O6/c1-9(17(24)27-2)28-13-8-11(19)10(7-12(13)22(25)26)14-15(18)20-5-3-4-6-21(20)16(14)23/h7-9H,3-6H2,1-2H3/t9-/m0/s1. The van der Waals surface area contributed by atoms with Crippen LogP contribution in [0.5, 0.6) is 5.75 Å². The van der Waals surface area contributed by atoms with Gasteiger partial charge in [0.1, 0.15) is 11.0 Å². The first kappa shape index (κ1) is 19.9. The van der Waals surface area contributed by atoms with Crippen molar-refractivity contribution in [1.29, 1.82) is 0 Å². The molecule has 1 aromatic heterocycles. The lowest BCUT2D eigenvalue weighted by Crippen LogP contribution is -2.27. The Labute approximate surface area is 163 Å². The number of nitrogens with zero attached hydrogens (tertiary/aromatic N) is 3. The van der Waals surface area contributed by atoms with E-state index in [1.165, 1.54) is 16.3 Å². The number of fused-ring (bicyclic) bond motifs is 1. The number of methoxy groups -OCH3 is 1. The Morgan fingerprint density at radius 3 is 2.54 bits per heavy atom.